The summed E-state index contributed by atoms with van der Waals surface area (Å²) in [5, 5.41) is 0. The summed E-state index contributed by atoms with van der Waals surface area (Å²) in [7, 11) is 0. The molecule has 0 atom stereocenters. The van der Waals surface area contributed by atoms with Crippen LogP contribution in [0.5, 0.6) is 0 Å². The van der Waals surface area contributed by atoms with Gasteiger partial charge in [-0.25, -0.2) is 0 Å². The molecule has 0 aromatic rings. The highest BCUT2D eigenvalue weighted by Crippen LogP contribution is 2.07. The first-order valence-electron chi connectivity index (χ1n) is 12.3. The number of nitrogens with zero attached hydrogens (tertiary/aromatic N) is 2. The number of carbonyl (C=O) groups excluding carboxylic acids is 2. The first-order valence-corrected chi connectivity index (χ1v) is 12.3. The highest BCUT2D eigenvalue weighted by atomic mass is 16.5. The molecule has 6 nitrogen and oxygen atoms in total. The van der Waals surface area contributed by atoms with Gasteiger partial charge in [0, 0.05) is 91.4 Å². The van der Waals surface area contributed by atoms with Gasteiger partial charge >= 0.3 is 0 Å². The Bertz CT molecular complexity index is 385. The molecule has 0 aliphatic carbocycles. The number of ether oxygens (including phenoxy) is 2. The second-order valence-electron chi connectivity index (χ2n) is 8.40. The molecule has 176 valence electrons. The molecule has 2 fully saturated rings. The van der Waals surface area contributed by atoms with Crippen molar-refractivity contribution in [3.8, 4) is 0 Å². The molecule has 0 saturated carbocycles. The number of ketones is 2. The van der Waals surface area contributed by atoms with Crippen molar-refractivity contribution in [3.05, 3.63) is 0 Å². The Kier molecular flexibility index (Phi) is 17.2. The summed E-state index contributed by atoms with van der Waals surface area (Å²) in [6, 6.07) is 0. The topological polar surface area (TPSA) is 59.1 Å². The van der Waals surface area contributed by atoms with Gasteiger partial charge in [-0.2, -0.15) is 0 Å². The number of unbranched alkanes of at least 4 members (excludes halogenated alkanes) is 2. The first-order chi connectivity index (χ1) is 14.7. The number of hydrogen-bond acceptors (Lipinski definition) is 6. The minimum atomic E-state index is 0.422. The van der Waals surface area contributed by atoms with Crippen LogP contribution < -0.4 is 0 Å². The number of piperidine rings is 2. The number of carbonyl (C=O) groups is 2. The van der Waals surface area contributed by atoms with E-state index in [1.807, 2.05) is 0 Å². The standard InChI is InChI=1S/2C12H23NO2/c2*1-2-3-10-15-11-4-7-13-8-5-12(14)6-9-13/h2*2-11H2,1H3. The maximum Gasteiger partial charge on any atom is 0.135 e. The van der Waals surface area contributed by atoms with Crippen molar-refractivity contribution in [1.29, 1.82) is 0 Å². The van der Waals surface area contributed by atoms with E-state index in [1.165, 1.54) is 12.8 Å². The third kappa shape index (κ3) is 15.1. The fraction of sp³-hybridized carbons (Fsp3) is 0.917. The molecule has 30 heavy (non-hydrogen) atoms. The van der Waals surface area contributed by atoms with E-state index < -0.39 is 0 Å². The third-order valence-electron chi connectivity index (χ3n) is 5.64. The summed E-state index contributed by atoms with van der Waals surface area (Å²) >= 11 is 0. The molecule has 0 spiro atoms. The molecule has 0 N–H and O–H groups in total. The highest BCUT2D eigenvalue weighted by Gasteiger charge is 2.15. The molecular weight excluding hydrogens is 380 g/mol. The Balaban J connectivity index is 0.000000300. The molecule has 2 saturated heterocycles. The normalized spacial score (nSPS) is 18.3. The molecule has 0 bridgehead atoms. The molecule has 0 aromatic carbocycles. The van der Waals surface area contributed by atoms with Gasteiger partial charge in [-0.05, 0) is 25.7 Å². The molecule has 2 aliphatic rings. The lowest BCUT2D eigenvalue weighted by molar-refractivity contribution is -0.122. The molecule has 0 aromatic heterocycles. The van der Waals surface area contributed by atoms with Crippen molar-refractivity contribution < 1.29 is 19.1 Å². The van der Waals surface area contributed by atoms with Gasteiger partial charge in [0.2, 0.25) is 0 Å². The van der Waals surface area contributed by atoms with Crippen molar-refractivity contribution in [2.45, 2.75) is 78.1 Å². The highest BCUT2D eigenvalue weighted by molar-refractivity contribution is 5.79. The van der Waals surface area contributed by atoms with E-state index in [2.05, 4.69) is 23.6 Å². The van der Waals surface area contributed by atoms with E-state index in [9.17, 15) is 9.59 Å². The largest absolute Gasteiger partial charge is 0.381 e. The van der Waals surface area contributed by atoms with Gasteiger partial charge in [-0.15, -0.1) is 0 Å². The minimum Gasteiger partial charge on any atom is -0.381 e. The van der Waals surface area contributed by atoms with Crippen LogP contribution in [-0.4, -0.2) is 87.1 Å². The van der Waals surface area contributed by atoms with Crippen LogP contribution in [-0.2, 0) is 19.1 Å². The molecule has 6 heteroatoms. The second-order valence-corrected chi connectivity index (χ2v) is 8.40. The molecule has 2 aliphatic heterocycles. The average Bonchev–Trinajstić information content (AvgIpc) is 2.76. The lowest BCUT2D eigenvalue weighted by atomic mass is 10.1. The van der Waals surface area contributed by atoms with Crippen LogP contribution in [0.1, 0.15) is 78.1 Å². The lowest BCUT2D eigenvalue weighted by Gasteiger charge is -2.25. The van der Waals surface area contributed by atoms with Crippen LogP contribution in [0, 0.1) is 0 Å². The Labute approximate surface area is 184 Å². The predicted molar refractivity (Wildman–Crippen MR) is 122 cm³/mol. The van der Waals surface area contributed by atoms with Crippen molar-refractivity contribution >= 4 is 11.6 Å². The average molecular weight is 427 g/mol. The van der Waals surface area contributed by atoms with E-state index in [1.54, 1.807) is 0 Å². The summed E-state index contributed by atoms with van der Waals surface area (Å²) < 4.78 is 11.0. The molecule has 0 unspecified atom stereocenters. The number of rotatable bonds is 14. The van der Waals surface area contributed by atoms with E-state index in [4.69, 9.17) is 9.47 Å². The molecule has 0 amide bonds. The maximum absolute atomic E-state index is 11.0. The van der Waals surface area contributed by atoms with Crippen molar-refractivity contribution in [2.75, 3.05) is 65.7 Å². The van der Waals surface area contributed by atoms with Crippen LogP contribution in [0.4, 0.5) is 0 Å². The number of hydrogen-bond donors (Lipinski definition) is 0. The Morgan fingerprint density at radius 3 is 1.27 bits per heavy atom. The Hall–Kier alpha value is -0.820. The quantitative estimate of drug-likeness (QED) is 0.395. The van der Waals surface area contributed by atoms with Crippen molar-refractivity contribution in [2.24, 2.45) is 0 Å². The van der Waals surface area contributed by atoms with Crippen LogP contribution in [0.3, 0.4) is 0 Å². The zero-order valence-electron chi connectivity index (χ0n) is 19.7. The molecule has 2 rings (SSSR count). The second kappa shape index (κ2) is 18.9. The van der Waals surface area contributed by atoms with Gasteiger partial charge in [-0.1, -0.05) is 26.7 Å². The summed E-state index contributed by atoms with van der Waals surface area (Å²) in [6.45, 7) is 13.9. The number of Topliss-reactive ketones (excluding diaryl/α,β-unsaturated/α-hetero) is 2. The van der Waals surface area contributed by atoms with E-state index in [0.717, 1.165) is 117 Å². The van der Waals surface area contributed by atoms with E-state index in [-0.39, 0.29) is 0 Å². The number of likely N-dealkylation sites (tertiary alicyclic amines) is 2. The van der Waals surface area contributed by atoms with Crippen LogP contribution in [0.15, 0.2) is 0 Å². The fourth-order valence-electron chi connectivity index (χ4n) is 3.53. The van der Waals surface area contributed by atoms with Crippen molar-refractivity contribution in [3.63, 3.8) is 0 Å². The Morgan fingerprint density at radius 1 is 0.600 bits per heavy atom. The Morgan fingerprint density at radius 2 is 0.933 bits per heavy atom. The van der Waals surface area contributed by atoms with E-state index >= 15 is 0 Å². The fourth-order valence-corrected chi connectivity index (χ4v) is 3.53. The lowest BCUT2D eigenvalue weighted by Crippen LogP contribution is -2.34. The third-order valence-corrected chi connectivity index (χ3v) is 5.64. The van der Waals surface area contributed by atoms with Crippen LogP contribution >= 0.6 is 0 Å². The zero-order valence-corrected chi connectivity index (χ0v) is 19.7. The molecule has 2 heterocycles. The van der Waals surface area contributed by atoms with Crippen LogP contribution in [0.2, 0.25) is 0 Å². The van der Waals surface area contributed by atoms with Gasteiger partial charge in [-0.3, -0.25) is 9.59 Å². The van der Waals surface area contributed by atoms with Gasteiger partial charge < -0.3 is 19.3 Å². The monoisotopic (exact) mass is 426 g/mol. The summed E-state index contributed by atoms with van der Waals surface area (Å²) in [4.78, 5) is 26.7. The van der Waals surface area contributed by atoms with E-state index in [0.29, 0.717) is 11.6 Å². The molecule has 0 radical (unpaired) electrons. The summed E-state index contributed by atoms with van der Waals surface area (Å²) in [6.07, 6.45) is 9.91. The van der Waals surface area contributed by atoms with Crippen molar-refractivity contribution in [1.82, 2.24) is 9.80 Å². The SMILES string of the molecule is CCCCOCCCN1CCC(=O)CC1.CCCCOCCCN1CCC(=O)CC1. The summed E-state index contributed by atoms with van der Waals surface area (Å²) in [5.74, 6) is 0.843. The van der Waals surface area contributed by atoms with Gasteiger partial charge in [0.15, 0.2) is 0 Å². The van der Waals surface area contributed by atoms with Gasteiger partial charge in [0.1, 0.15) is 11.6 Å². The zero-order chi connectivity index (χ0) is 21.9. The smallest absolute Gasteiger partial charge is 0.135 e. The molecular formula is C24H46N2O4. The predicted octanol–water partition coefficient (Wildman–Crippen LogP) is 3.72. The van der Waals surface area contributed by atoms with Crippen LogP contribution in [0.25, 0.3) is 0 Å². The minimum absolute atomic E-state index is 0.422. The van der Waals surface area contributed by atoms with Gasteiger partial charge in [0.25, 0.3) is 0 Å². The summed E-state index contributed by atoms with van der Waals surface area (Å²) in [5.41, 5.74) is 0. The first kappa shape index (κ1) is 27.2. The maximum atomic E-state index is 11.0. The van der Waals surface area contributed by atoms with Gasteiger partial charge in [0.05, 0.1) is 0 Å².